The Bertz CT molecular complexity index is 1880. The molecule has 246 valence electrons. The number of piperazine rings is 1. The molecule has 4 heterocycles. The molecule has 3 aromatic rings. The molecule has 1 saturated carbocycles. The van der Waals surface area contributed by atoms with Gasteiger partial charge >= 0.3 is 0 Å². The van der Waals surface area contributed by atoms with Crippen LogP contribution in [0.15, 0.2) is 64.0 Å². The molecule has 1 saturated heterocycles. The summed E-state index contributed by atoms with van der Waals surface area (Å²) in [7, 11) is 3.67. The smallest absolute Gasteiger partial charge is 0.274 e. The second kappa shape index (κ2) is 12.2. The number of benzene rings is 1. The van der Waals surface area contributed by atoms with E-state index in [1.54, 1.807) is 36.4 Å². The average molecular weight is 641 g/mol. The number of carbonyl (C=O) groups excluding carboxylic acids is 1. The number of nitrogens with zero attached hydrogens (tertiary/aromatic N) is 6. The van der Waals surface area contributed by atoms with Gasteiger partial charge in [-0.1, -0.05) is 0 Å². The topological polar surface area (TPSA) is 124 Å². The van der Waals surface area contributed by atoms with E-state index >= 15 is 4.39 Å². The van der Waals surface area contributed by atoms with Crippen molar-refractivity contribution in [2.45, 2.75) is 44.2 Å². The van der Waals surface area contributed by atoms with E-state index in [2.05, 4.69) is 38.4 Å². The Morgan fingerprint density at radius 3 is 2.57 bits per heavy atom. The van der Waals surface area contributed by atoms with E-state index in [1.807, 2.05) is 6.07 Å². The zero-order valence-corrected chi connectivity index (χ0v) is 26.9. The van der Waals surface area contributed by atoms with Crippen molar-refractivity contribution in [3.8, 4) is 11.1 Å². The van der Waals surface area contributed by atoms with Crippen LogP contribution in [0.5, 0.6) is 0 Å². The third kappa shape index (κ3) is 5.44. The fraction of sp³-hybridized carbons (Fsp3) is 0.400. The number of aromatic nitrogens is 2. The van der Waals surface area contributed by atoms with Gasteiger partial charge in [-0.15, -0.1) is 0 Å². The Morgan fingerprint density at radius 1 is 1.06 bits per heavy atom. The first-order valence-corrected chi connectivity index (χ1v) is 16.2. The lowest BCUT2D eigenvalue weighted by molar-refractivity contribution is 0.0964. The van der Waals surface area contributed by atoms with Crippen LogP contribution in [0.3, 0.4) is 0 Å². The molecular weight excluding hydrogens is 599 g/mol. The minimum absolute atomic E-state index is 0.172. The van der Waals surface area contributed by atoms with Crippen LogP contribution in [0, 0.1) is 5.82 Å². The van der Waals surface area contributed by atoms with Crippen LogP contribution in [-0.4, -0.2) is 76.4 Å². The van der Waals surface area contributed by atoms with Crippen molar-refractivity contribution < 1.29 is 14.3 Å². The molecule has 47 heavy (non-hydrogen) atoms. The van der Waals surface area contributed by atoms with Crippen LogP contribution in [0.2, 0.25) is 0 Å². The maximum Gasteiger partial charge on any atom is 0.274 e. The van der Waals surface area contributed by atoms with Crippen molar-refractivity contribution in [3.63, 3.8) is 0 Å². The van der Waals surface area contributed by atoms with E-state index in [9.17, 15) is 14.7 Å². The maximum atomic E-state index is 15.4. The second-order valence-electron chi connectivity index (χ2n) is 13.1. The molecule has 0 spiro atoms. The fourth-order valence-electron chi connectivity index (χ4n) is 7.86. The van der Waals surface area contributed by atoms with Crippen molar-refractivity contribution in [2.75, 3.05) is 50.0 Å². The molecule has 2 atom stereocenters. The molecule has 2 bridgehead atoms. The van der Waals surface area contributed by atoms with Crippen LogP contribution in [0.25, 0.3) is 11.1 Å². The molecule has 0 radical (unpaired) electrons. The number of halogens is 1. The van der Waals surface area contributed by atoms with Crippen LogP contribution >= 0.6 is 0 Å². The number of amides is 1. The monoisotopic (exact) mass is 640 g/mol. The van der Waals surface area contributed by atoms with Crippen molar-refractivity contribution in [1.29, 1.82) is 0 Å². The summed E-state index contributed by atoms with van der Waals surface area (Å²) in [6, 6.07) is 6.25. The van der Waals surface area contributed by atoms with Crippen LogP contribution in [0.4, 0.5) is 15.8 Å². The Hall–Kier alpha value is -4.68. The minimum atomic E-state index is -0.553. The van der Waals surface area contributed by atoms with Crippen LogP contribution in [-0.2, 0) is 20.2 Å². The third-order valence-corrected chi connectivity index (χ3v) is 10.3. The number of aliphatic hydroxyl groups is 1. The van der Waals surface area contributed by atoms with Gasteiger partial charge in [0, 0.05) is 75.3 Å². The lowest BCUT2D eigenvalue weighted by atomic mass is 9.97. The molecule has 2 aromatic heterocycles. The second-order valence-corrected chi connectivity index (χ2v) is 13.1. The number of anilines is 2. The van der Waals surface area contributed by atoms with Crippen molar-refractivity contribution >= 4 is 24.0 Å². The predicted octanol–water partition coefficient (Wildman–Crippen LogP) is 3.51. The summed E-state index contributed by atoms with van der Waals surface area (Å²) in [6.45, 7) is 7.68. The highest BCUT2D eigenvalue weighted by Gasteiger charge is 2.43. The normalized spacial score (nSPS) is 21.3. The van der Waals surface area contributed by atoms with Gasteiger partial charge in [-0.25, -0.2) is 9.38 Å². The molecule has 7 rings (SSSR count). The molecule has 2 aliphatic heterocycles. The van der Waals surface area contributed by atoms with E-state index in [0.717, 1.165) is 26.2 Å². The van der Waals surface area contributed by atoms with Crippen molar-refractivity contribution in [2.24, 2.45) is 17.8 Å². The van der Waals surface area contributed by atoms with Gasteiger partial charge in [0.25, 0.3) is 11.5 Å². The first-order chi connectivity index (χ1) is 22.7. The number of carbonyl (C=O) groups is 1. The summed E-state index contributed by atoms with van der Waals surface area (Å²) in [5.74, 6) is 1.17. The molecule has 11 nitrogen and oxygen atoms in total. The van der Waals surface area contributed by atoms with Gasteiger partial charge in [0.05, 0.1) is 12.3 Å². The number of hydrogen-bond acceptors (Lipinski definition) is 8. The van der Waals surface area contributed by atoms with Gasteiger partial charge in [0.2, 0.25) is 0 Å². The van der Waals surface area contributed by atoms with E-state index < -0.39 is 12.4 Å². The number of likely N-dealkylation sites (N-methyl/N-ethyl adjacent to an activating group) is 1. The van der Waals surface area contributed by atoms with E-state index in [1.165, 1.54) is 47.2 Å². The summed E-state index contributed by atoms with van der Waals surface area (Å²) in [4.78, 5) is 37.1. The highest BCUT2D eigenvalue weighted by molar-refractivity contribution is 6.07. The quantitative estimate of drug-likeness (QED) is 0.254. The standard InChI is InChI=1S/C35H41FN8O3/c1-38-32(42-10-8-40(2)9-11-42)7-6-31(37)39-28-15-23(19-41(3)34(28)46)25-16-24(36)17-29(27(25)20-45)44-13-12-43-30(35(44)47)18-26-21-4-5-22(14-21)33(26)43/h6-7,15-19,21-22,39,45H,1,4-5,8-14,20,37H2,2-3H3/b31-6+,32-7+. The molecule has 2 aliphatic carbocycles. The summed E-state index contributed by atoms with van der Waals surface area (Å²) < 4.78 is 18.9. The van der Waals surface area contributed by atoms with E-state index in [-0.39, 0.29) is 23.0 Å². The Kier molecular flexibility index (Phi) is 8.01. The first-order valence-electron chi connectivity index (χ1n) is 16.2. The Balaban J connectivity index is 1.19. The largest absolute Gasteiger partial charge is 0.392 e. The van der Waals surface area contributed by atoms with Gasteiger partial charge in [-0.3, -0.25) is 9.59 Å². The number of rotatable bonds is 8. The van der Waals surface area contributed by atoms with Crippen molar-refractivity contribution in [1.82, 2.24) is 18.9 Å². The number of aliphatic imine (C=N–C) groups is 1. The van der Waals surface area contributed by atoms with Crippen LogP contribution in [0.1, 0.15) is 58.4 Å². The highest BCUT2D eigenvalue weighted by Crippen LogP contribution is 2.54. The molecule has 1 amide bonds. The summed E-state index contributed by atoms with van der Waals surface area (Å²) in [5, 5.41) is 13.6. The molecular formula is C35H41FN8O3. The van der Waals surface area contributed by atoms with Crippen LogP contribution < -0.4 is 21.5 Å². The summed E-state index contributed by atoms with van der Waals surface area (Å²) in [5.41, 5.74) is 10.9. The van der Waals surface area contributed by atoms with Gasteiger partial charge in [-0.2, -0.15) is 0 Å². The summed E-state index contributed by atoms with van der Waals surface area (Å²) >= 11 is 0. The molecule has 1 aromatic carbocycles. The first kappa shape index (κ1) is 30.9. The number of allylic oxidation sites excluding steroid dienone is 2. The zero-order valence-electron chi connectivity index (χ0n) is 26.9. The number of aliphatic hydroxyl groups excluding tert-OH is 1. The van der Waals surface area contributed by atoms with E-state index in [0.29, 0.717) is 58.8 Å². The molecule has 2 unspecified atom stereocenters. The fourth-order valence-corrected chi connectivity index (χ4v) is 7.86. The number of nitrogens with two attached hydrogens (primary N) is 1. The number of pyridine rings is 1. The van der Waals surface area contributed by atoms with Crippen molar-refractivity contribution in [3.05, 3.63) is 92.9 Å². The predicted molar refractivity (Wildman–Crippen MR) is 181 cm³/mol. The number of fused-ring (bicyclic) bond motifs is 7. The van der Waals surface area contributed by atoms with Gasteiger partial charge in [0.1, 0.15) is 28.8 Å². The third-order valence-electron chi connectivity index (χ3n) is 10.3. The highest BCUT2D eigenvalue weighted by atomic mass is 19.1. The van der Waals surface area contributed by atoms with E-state index in [4.69, 9.17) is 5.73 Å². The maximum absolute atomic E-state index is 15.4. The molecule has 2 fully saturated rings. The molecule has 4 N–H and O–H groups in total. The average Bonchev–Trinajstić information content (AvgIpc) is 3.78. The van der Waals surface area contributed by atoms with Gasteiger partial charge in [0.15, 0.2) is 0 Å². The zero-order chi connectivity index (χ0) is 33.0. The Labute approximate surface area is 273 Å². The molecule has 4 aliphatic rings. The molecule has 12 heteroatoms. The SMILES string of the molecule is C=N/C(=C\C=C(/N)Nc1cc(-c2cc(F)cc(N3CCn4c(cc5c4C4CCC5C4)C3=O)c2CO)cn(C)c1=O)N1CCN(C)CC1. The Morgan fingerprint density at radius 2 is 1.83 bits per heavy atom. The number of nitrogens with one attached hydrogen (secondary N) is 1. The number of hydrogen-bond donors (Lipinski definition) is 3. The number of aryl methyl sites for hydroxylation is 1. The minimum Gasteiger partial charge on any atom is -0.392 e. The van der Waals surface area contributed by atoms with Gasteiger partial charge in [-0.05, 0) is 86.5 Å². The van der Waals surface area contributed by atoms with Gasteiger partial charge < -0.3 is 40.0 Å². The lowest BCUT2D eigenvalue weighted by Gasteiger charge is -2.33. The summed E-state index contributed by atoms with van der Waals surface area (Å²) in [6.07, 6.45) is 8.47. The lowest BCUT2D eigenvalue weighted by Crippen LogP contribution is -2.43.